The highest BCUT2D eigenvalue weighted by Gasteiger charge is 2.50. The van der Waals surface area contributed by atoms with E-state index < -0.39 is 27.4 Å². The molecule has 1 N–H and O–H groups in total. The number of carbonyl (C=O) groups is 2. The van der Waals surface area contributed by atoms with E-state index in [-0.39, 0.29) is 10.7 Å². The molecule has 1 heterocycles. The largest absolute Gasteiger partial charge is 0.441 e. The van der Waals surface area contributed by atoms with Crippen molar-refractivity contribution in [3.63, 3.8) is 0 Å². The number of hydrogen-bond donors (Lipinski definition) is 1. The SMILES string of the molecule is C/C(=C/C(=O)C1(c2ccc(-c3ccc(-c4onc(C)c4NC(=O)O[C@H](C)c4ccccc4)cc3)cc2)CC1)S(C)(=O)=O. The predicted molar refractivity (Wildman–Crippen MR) is 162 cm³/mol. The van der Waals surface area contributed by atoms with Crippen molar-refractivity contribution in [2.45, 2.75) is 45.1 Å². The van der Waals surface area contributed by atoms with Gasteiger partial charge in [-0.05, 0) is 61.9 Å². The maximum atomic E-state index is 12.9. The zero-order chi connectivity index (χ0) is 30.1. The summed E-state index contributed by atoms with van der Waals surface area (Å²) >= 11 is 0. The minimum Gasteiger partial charge on any atom is -0.441 e. The zero-order valence-electron chi connectivity index (χ0n) is 23.9. The van der Waals surface area contributed by atoms with Crippen LogP contribution < -0.4 is 5.32 Å². The molecule has 0 radical (unpaired) electrons. The van der Waals surface area contributed by atoms with Crippen molar-refractivity contribution >= 4 is 27.4 Å². The van der Waals surface area contributed by atoms with Gasteiger partial charge in [-0.2, -0.15) is 0 Å². The van der Waals surface area contributed by atoms with Gasteiger partial charge >= 0.3 is 6.09 Å². The average molecular weight is 585 g/mol. The summed E-state index contributed by atoms with van der Waals surface area (Å²) in [6.07, 6.45) is 2.71. The van der Waals surface area contributed by atoms with Gasteiger partial charge in [0, 0.05) is 16.7 Å². The van der Waals surface area contributed by atoms with Crippen LogP contribution in [0.15, 0.2) is 94.4 Å². The molecule has 0 spiro atoms. The van der Waals surface area contributed by atoms with Gasteiger partial charge in [0.25, 0.3) is 0 Å². The number of hydrogen-bond acceptors (Lipinski definition) is 7. The molecule has 1 aliphatic carbocycles. The standard InChI is InChI=1S/C33H32N2O6S/c1-21(42(4,38)39)20-29(36)33(18-19-33)28-16-14-26(15-17-28)25-10-12-27(13-11-25)31-30(22(2)35-41-31)34-32(37)40-23(3)24-8-6-5-7-9-24/h5-17,20,23H,18-19H2,1-4H3,(H,34,37)/b21-20-/t23-/m1/s1. The van der Waals surface area contributed by atoms with E-state index in [1.165, 1.54) is 13.0 Å². The minimum atomic E-state index is -3.40. The molecule has 0 saturated heterocycles. The van der Waals surface area contributed by atoms with Crippen molar-refractivity contribution in [3.05, 3.63) is 107 Å². The van der Waals surface area contributed by atoms with Crippen molar-refractivity contribution in [2.75, 3.05) is 11.6 Å². The van der Waals surface area contributed by atoms with Gasteiger partial charge in [0.15, 0.2) is 21.4 Å². The highest BCUT2D eigenvalue weighted by molar-refractivity contribution is 7.94. The molecule has 1 aliphatic rings. The number of aryl methyl sites for hydroxylation is 1. The van der Waals surface area contributed by atoms with Gasteiger partial charge in [0.1, 0.15) is 17.5 Å². The molecule has 1 fully saturated rings. The summed E-state index contributed by atoms with van der Waals surface area (Å²) in [4.78, 5) is 25.7. The van der Waals surface area contributed by atoms with Gasteiger partial charge in [0.05, 0.1) is 5.41 Å². The number of nitrogens with zero attached hydrogens (tertiary/aromatic N) is 1. The fourth-order valence-corrected chi connectivity index (χ4v) is 5.15. The van der Waals surface area contributed by atoms with E-state index in [4.69, 9.17) is 9.26 Å². The third-order valence-corrected chi connectivity index (χ3v) is 8.99. The van der Waals surface area contributed by atoms with Crippen LogP contribution in [-0.2, 0) is 24.8 Å². The van der Waals surface area contributed by atoms with Gasteiger partial charge < -0.3 is 9.26 Å². The first-order chi connectivity index (χ1) is 20.0. The molecule has 5 rings (SSSR count). The van der Waals surface area contributed by atoms with Crippen LogP contribution >= 0.6 is 0 Å². The molecular weight excluding hydrogens is 552 g/mol. The Balaban J connectivity index is 1.29. The number of ether oxygens (including phenoxy) is 1. The number of sulfone groups is 1. The highest BCUT2D eigenvalue weighted by Crippen LogP contribution is 2.50. The van der Waals surface area contributed by atoms with Gasteiger partial charge in [-0.1, -0.05) is 84.0 Å². The quantitative estimate of drug-likeness (QED) is 0.207. The first-order valence-electron chi connectivity index (χ1n) is 13.6. The average Bonchev–Trinajstić information content (AvgIpc) is 3.72. The third-order valence-electron chi connectivity index (χ3n) is 7.70. The maximum Gasteiger partial charge on any atom is 0.412 e. The topological polar surface area (TPSA) is 116 Å². The number of nitrogens with one attached hydrogen (secondary N) is 1. The zero-order valence-corrected chi connectivity index (χ0v) is 24.7. The van der Waals surface area contributed by atoms with Crippen LogP contribution in [-0.4, -0.2) is 31.7 Å². The lowest BCUT2D eigenvalue weighted by molar-refractivity contribution is -0.116. The molecule has 9 heteroatoms. The Labute approximate surface area is 245 Å². The summed E-state index contributed by atoms with van der Waals surface area (Å²) in [5.74, 6) is 0.248. The highest BCUT2D eigenvalue weighted by atomic mass is 32.2. The second-order valence-corrected chi connectivity index (χ2v) is 12.9. The molecule has 42 heavy (non-hydrogen) atoms. The Morgan fingerprint density at radius 2 is 1.52 bits per heavy atom. The van der Waals surface area contributed by atoms with Crippen LogP contribution in [0.25, 0.3) is 22.5 Å². The molecule has 0 aliphatic heterocycles. The monoisotopic (exact) mass is 584 g/mol. The Morgan fingerprint density at radius 3 is 2.10 bits per heavy atom. The summed E-state index contributed by atoms with van der Waals surface area (Å²) < 4.78 is 34.6. The normalized spacial score (nSPS) is 15.1. The van der Waals surface area contributed by atoms with Crippen molar-refractivity contribution in [2.24, 2.45) is 0 Å². The summed E-state index contributed by atoms with van der Waals surface area (Å²) in [6, 6.07) is 24.9. The molecule has 0 unspecified atom stereocenters. The van der Waals surface area contributed by atoms with Gasteiger partial charge in [-0.3, -0.25) is 10.1 Å². The molecule has 216 valence electrons. The number of benzene rings is 3. The van der Waals surface area contributed by atoms with Crippen LogP contribution in [0.5, 0.6) is 0 Å². The van der Waals surface area contributed by atoms with Gasteiger partial charge in [0.2, 0.25) is 0 Å². The first-order valence-corrected chi connectivity index (χ1v) is 15.5. The van der Waals surface area contributed by atoms with E-state index in [0.717, 1.165) is 34.1 Å². The summed E-state index contributed by atoms with van der Waals surface area (Å²) in [5.41, 5.74) is 4.73. The third kappa shape index (κ3) is 6.06. The fourth-order valence-electron chi connectivity index (χ4n) is 4.83. The molecular formula is C33H32N2O6S. The summed E-state index contributed by atoms with van der Waals surface area (Å²) in [6.45, 7) is 5.00. The van der Waals surface area contributed by atoms with Crippen molar-refractivity contribution in [1.29, 1.82) is 0 Å². The second-order valence-electron chi connectivity index (χ2n) is 10.7. The van der Waals surface area contributed by atoms with Crippen LogP contribution in [0.1, 0.15) is 49.6 Å². The number of ketones is 1. The molecule has 3 aromatic carbocycles. The molecule has 8 nitrogen and oxygen atoms in total. The van der Waals surface area contributed by atoms with Crippen molar-refractivity contribution < 1.29 is 27.3 Å². The minimum absolute atomic E-state index is 0.0782. The van der Waals surface area contributed by atoms with Crippen molar-refractivity contribution in [1.82, 2.24) is 5.16 Å². The second kappa shape index (κ2) is 11.4. The molecule has 1 aromatic heterocycles. The Morgan fingerprint density at radius 1 is 0.952 bits per heavy atom. The Kier molecular flexibility index (Phi) is 7.88. The van der Waals surface area contributed by atoms with Gasteiger partial charge in [-0.15, -0.1) is 0 Å². The van der Waals surface area contributed by atoms with E-state index in [9.17, 15) is 18.0 Å². The number of allylic oxidation sites excluding steroid dienone is 2. The lowest BCUT2D eigenvalue weighted by Gasteiger charge is -2.14. The van der Waals surface area contributed by atoms with Crippen LogP contribution in [0.3, 0.4) is 0 Å². The molecule has 4 aromatic rings. The van der Waals surface area contributed by atoms with E-state index >= 15 is 0 Å². The fraction of sp³-hybridized carbons (Fsp3) is 0.242. The van der Waals surface area contributed by atoms with E-state index in [2.05, 4.69) is 10.5 Å². The maximum absolute atomic E-state index is 12.9. The van der Waals surface area contributed by atoms with Crippen molar-refractivity contribution in [3.8, 4) is 22.5 Å². The van der Waals surface area contributed by atoms with Crippen LogP contribution in [0.4, 0.5) is 10.5 Å². The predicted octanol–water partition coefficient (Wildman–Crippen LogP) is 7.18. The lowest BCUT2D eigenvalue weighted by Crippen LogP contribution is -2.19. The first kappa shape index (κ1) is 29.0. The van der Waals surface area contributed by atoms with Crippen LogP contribution in [0, 0.1) is 6.92 Å². The van der Waals surface area contributed by atoms with Gasteiger partial charge in [-0.25, -0.2) is 13.2 Å². The molecule has 0 bridgehead atoms. The van der Waals surface area contributed by atoms with Crippen LogP contribution in [0.2, 0.25) is 0 Å². The Hall–Kier alpha value is -4.50. The number of rotatable bonds is 9. The lowest BCUT2D eigenvalue weighted by atomic mass is 9.89. The Bertz CT molecular complexity index is 1750. The smallest absolute Gasteiger partial charge is 0.412 e. The number of amides is 1. The van der Waals surface area contributed by atoms with E-state index in [1.807, 2.05) is 78.9 Å². The summed E-state index contributed by atoms with van der Waals surface area (Å²) in [7, 11) is -3.40. The molecule has 1 atom stereocenters. The number of aromatic nitrogens is 1. The number of carbonyl (C=O) groups excluding carboxylic acids is 2. The summed E-state index contributed by atoms with van der Waals surface area (Å²) in [5, 5.41) is 6.81. The van der Waals surface area contributed by atoms with E-state index in [1.54, 1.807) is 13.8 Å². The molecule has 1 amide bonds. The molecule has 1 saturated carbocycles. The van der Waals surface area contributed by atoms with E-state index in [0.29, 0.717) is 30.0 Å². The number of anilines is 1.